The molecule has 2 rings (SSSR count). The normalized spacial score (nSPS) is 14.8. The summed E-state index contributed by atoms with van der Waals surface area (Å²) in [5.41, 5.74) is 8.50. The maximum Gasteiger partial charge on any atom is 0.257 e. The van der Waals surface area contributed by atoms with Gasteiger partial charge in [-0.25, -0.2) is 0 Å². The summed E-state index contributed by atoms with van der Waals surface area (Å²) in [4.78, 5) is 14.1. The van der Waals surface area contributed by atoms with Crippen LogP contribution in [-0.4, -0.2) is 37.6 Å². The lowest BCUT2D eigenvalue weighted by Crippen LogP contribution is -2.41. The van der Waals surface area contributed by atoms with E-state index in [1.807, 2.05) is 19.1 Å². The summed E-state index contributed by atoms with van der Waals surface area (Å²) in [5.74, 6) is 0.703. The van der Waals surface area contributed by atoms with E-state index in [0.29, 0.717) is 24.4 Å². The minimum absolute atomic E-state index is 0.0391. The Bertz CT molecular complexity index is 443. The summed E-state index contributed by atoms with van der Waals surface area (Å²) in [5, 5.41) is 0. The third-order valence-corrected chi connectivity index (χ3v) is 3.26. The summed E-state index contributed by atoms with van der Waals surface area (Å²) in [6, 6.07) is 3.86. The van der Waals surface area contributed by atoms with Gasteiger partial charge in [-0.2, -0.15) is 0 Å². The minimum atomic E-state index is 0.0391. The van der Waals surface area contributed by atoms with E-state index < -0.39 is 0 Å². The number of ether oxygens (including phenoxy) is 1. The van der Waals surface area contributed by atoms with Crippen LogP contribution >= 0.6 is 0 Å². The van der Waals surface area contributed by atoms with E-state index in [4.69, 9.17) is 10.5 Å². The van der Waals surface area contributed by atoms with Gasteiger partial charge in [0.25, 0.3) is 5.91 Å². The number of carbonyl (C=O) groups is 1. The maximum absolute atomic E-state index is 12.3. The Morgan fingerprint density at radius 1 is 1.47 bits per heavy atom. The molecule has 1 amide bonds. The maximum atomic E-state index is 12.3. The molecule has 0 atom stereocenters. The quantitative estimate of drug-likeness (QED) is 0.847. The van der Waals surface area contributed by atoms with Crippen molar-refractivity contribution in [1.29, 1.82) is 0 Å². The fourth-order valence-electron chi connectivity index (χ4n) is 2.33. The van der Waals surface area contributed by atoms with Gasteiger partial charge in [-0.15, -0.1) is 0 Å². The molecule has 4 heteroatoms. The fourth-order valence-corrected chi connectivity index (χ4v) is 2.33. The van der Waals surface area contributed by atoms with Gasteiger partial charge in [0.2, 0.25) is 0 Å². The van der Waals surface area contributed by atoms with E-state index >= 15 is 0 Å². The minimum Gasteiger partial charge on any atom is -0.496 e. The van der Waals surface area contributed by atoms with Crippen molar-refractivity contribution in [3.05, 3.63) is 28.8 Å². The average molecular weight is 234 g/mol. The van der Waals surface area contributed by atoms with Crippen LogP contribution in [0.25, 0.3) is 0 Å². The first-order chi connectivity index (χ1) is 8.19. The molecule has 0 saturated carbocycles. The summed E-state index contributed by atoms with van der Waals surface area (Å²) >= 11 is 0. The molecule has 0 spiro atoms. The van der Waals surface area contributed by atoms with E-state index in [-0.39, 0.29) is 5.91 Å². The van der Waals surface area contributed by atoms with Crippen molar-refractivity contribution >= 4 is 5.91 Å². The second-order valence-corrected chi connectivity index (χ2v) is 4.27. The number of nitrogens with two attached hydrogens (primary N) is 1. The molecule has 0 bridgehead atoms. The van der Waals surface area contributed by atoms with Crippen LogP contribution in [0.1, 0.15) is 21.5 Å². The molecule has 0 fully saturated rings. The van der Waals surface area contributed by atoms with Gasteiger partial charge in [0.05, 0.1) is 12.7 Å². The summed E-state index contributed by atoms with van der Waals surface area (Å²) in [6.07, 6.45) is 0.879. The summed E-state index contributed by atoms with van der Waals surface area (Å²) in [6.45, 7) is 3.88. The Morgan fingerprint density at radius 3 is 2.88 bits per heavy atom. The highest BCUT2D eigenvalue weighted by atomic mass is 16.5. The number of amides is 1. The number of methoxy groups -OCH3 is 1. The van der Waals surface area contributed by atoms with Crippen LogP contribution in [0, 0.1) is 6.92 Å². The number of nitrogens with zero attached hydrogens (tertiary/aromatic N) is 1. The number of fused-ring (bicyclic) bond motifs is 1. The van der Waals surface area contributed by atoms with Crippen LogP contribution in [0.4, 0.5) is 0 Å². The predicted octanol–water partition coefficient (Wildman–Crippen LogP) is 0.961. The Hall–Kier alpha value is -1.55. The van der Waals surface area contributed by atoms with E-state index in [1.54, 1.807) is 12.0 Å². The van der Waals surface area contributed by atoms with Crippen LogP contribution < -0.4 is 10.5 Å². The largest absolute Gasteiger partial charge is 0.496 e. The van der Waals surface area contributed by atoms with Crippen molar-refractivity contribution in [2.24, 2.45) is 5.73 Å². The number of carbonyl (C=O) groups excluding carboxylic acids is 1. The highest BCUT2D eigenvalue weighted by Crippen LogP contribution is 2.30. The molecular formula is C13H18N2O2. The Balaban J connectivity index is 2.46. The van der Waals surface area contributed by atoms with Gasteiger partial charge >= 0.3 is 0 Å². The smallest absolute Gasteiger partial charge is 0.257 e. The molecule has 1 aromatic carbocycles. The SMILES string of the molecule is COc1ccc(C)c2c1C(=O)N(CCN)CC2. The number of rotatable bonds is 3. The zero-order valence-electron chi connectivity index (χ0n) is 10.3. The third-order valence-electron chi connectivity index (χ3n) is 3.26. The van der Waals surface area contributed by atoms with Crippen molar-refractivity contribution in [2.45, 2.75) is 13.3 Å². The van der Waals surface area contributed by atoms with Crippen molar-refractivity contribution in [3.63, 3.8) is 0 Å². The van der Waals surface area contributed by atoms with Crippen molar-refractivity contribution in [2.75, 3.05) is 26.7 Å². The van der Waals surface area contributed by atoms with Crippen LogP contribution in [0.3, 0.4) is 0 Å². The van der Waals surface area contributed by atoms with Crippen LogP contribution in [0.15, 0.2) is 12.1 Å². The Kier molecular flexibility index (Phi) is 3.33. The molecule has 0 aliphatic carbocycles. The van der Waals surface area contributed by atoms with Gasteiger partial charge in [0.15, 0.2) is 0 Å². The summed E-state index contributed by atoms with van der Waals surface area (Å²) < 4.78 is 5.29. The lowest BCUT2D eigenvalue weighted by atomic mass is 9.93. The lowest BCUT2D eigenvalue weighted by molar-refractivity contribution is 0.0740. The molecule has 0 radical (unpaired) electrons. The highest BCUT2D eigenvalue weighted by molar-refractivity contribution is 5.99. The zero-order chi connectivity index (χ0) is 12.4. The topological polar surface area (TPSA) is 55.6 Å². The Labute approximate surface area is 101 Å². The number of benzene rings is 1. The second kappa shape index (κ2) is 4.75. The molecule has 4 nitrogen and oxygen atoms in total. The zero-order valence-corrected chi connectivity index (χ0v) is 10.3. The molecule has 1 heterocycles. The van der Waals surface area contributed by atoms with E-state index in [2.05, 4.69) is 0 Å². The molecule has 1 aromatic rings. The molecule has 1 aliphatic heterocycles. The van der Waals surface area contributed by atoms with Crippen molar-refractivity contribution in [3.8, 4) is 5.75 Å². The van der Waals surface area contributed by atoms with Gasteiger partial charge < -0.3 is 15.4 Å². The monoisotopic (exact) mass is 234 g/mol. The van der Waals surface area contributed by atoms with Gasteiger partial charge in [-0.05, 0) is 30.5 Å². The number of hydrogen-bond donors (Lipinski definition) is 1. The van der Waals surface area contributed by atoms with E-state index in [0.717, 1.165) is 24.1 Å². The fraction of sp³-hybridized carbons (Fsp3) is 0.462. The van der Waals surface area contributed by atoms with Gasteiger partial charge in [-0.1, -0.05) is 6.07 Å². The van der Waals surface area contributed by atoms with Gasteiger partial charge in [0, 0.05) is 19.6 Å². The third kappa shape index (κ3) is 2.00. The molecular weight excluding hydrogens is 216 g/mol. The molecule has 1 aliphatic rings. The second-order valence-electron chi connectivity index (χ2n) is 4.27. The van der Waals surface area contributed by atoms with E-state index in [9.17, 15) is 4.79 Å². The molecule has 92 valence electrons. The van der Waals surface area contributed by atoms with Gasteiger partial charge in [-0.3, -0.25) is 4.79 Å². The standard InChI is InChI=1S/C13H18N2O2/c1-9-3-4-11(17-2)12-10(9)5-7-15(8-6-14)13(12)16/h3-4H,5-8,14H2,1-2H3. The van der Waals surface area contributed by atoms with Crippen LogP contribution in [0.2, 0.25) is 0 Å². The van der Waals surface area contributed by atoms with Crippen LogP contribution in [0.5, 0.6) is 5.75 Å². The van der Waals surface area contributed by atoms with Crippen molar-refractivity contribution in [1.82, 2.24) is 4.90 Å². The van der Waals surface area contributed by atoms with Crippen molar-refractivity contribution < 1.29 is 9.53 Å². The highest BCUT2D eigenvalue weighted by Gasteiger charge is 2.28. The first kappa shape index (κ1) is 11.9. The number of aryl methyl sites for hydroxylation is 1. The first-order valence-corrected chi connectivity index (χ1v) is 5.85. The molecule has 0 saturated heterocycles. The molecule has 17 heavy (non-hydrogen) atoms. The van der Waals surface area contributed by atoms with Crippen LogP contribution in [-0.2, 0) is 6.42 Å². The lowest BCUT2D eigenvalue weighted by Gasteiger charge is -2.30. The summed E-state index contributed by atoms with van der Waals surface area (Å²) in [7, 11) is 1.60. The number of hydrogen-bond acceptors (Lipinski definition) is 3. The predicted molar refractivity (Wildman–Crippen MR) is 66.4 cm³/mol. The molecule has 0 unspecified atom stereocenters. The van der Waals surface area contributed by atoms with E-state index in [1.165, 1.54) is 0 Å². The molecule has 2 N–H and O–H groups in total. The molecule has 0 aromatic heterocycles. The Morgan fingerprint density at radius 2 is 2.24 bits per heavy atom. The first-order valence-electron chi connectivity index (χ1n) is 5.85. The average Bonchev–Trinajstić information content (AvgIpc) is 2.34. The van der Waals surface area contributed by atoms with Gasteiger partial charge in [0.1, 0.15) is 5.75 Å².